The maximum absolute atomic E-state index is 14.3. The number of carbonyl (C=O) groups is 2. The first kappa shape index (κ1) is 27.8. The lowest BCUT2D eigenvalue weighted by Crippen LogP contribution is -2.60. The van der Waals surface area contributed by atoms with Crippen molar-refractivity contribution in [3.8, 4) is 0 Å². The van der Waals surface area contributed by atoms with Gasteiger partial charge in [0.05, 0.1) is 25.2 Å². The van der Waals surface area contributed by atoms with Gasteiger partial charge in [0.1, 0.15) is 12.1 Å². The number of ether oxygens (including phenoxy) is 3. The van der Waals surface area contributed by atoms with Gasteiger partial charge in [0, 0.05) is 38.5 Å². The summed E-state index contributed by atoms with van der Waals surface area (Å²) in [6.45, 7) is 6.00. The van der Waals surface area contributed by atoms with Gasteiger partial charge in [-0.05, 0) is 17.0 Å². The molecule has 0 radical (unpaired) electrons. The van der Waals surface area contributed by atoms with E-state index in [2.05, 4.69) is 0 Å². The van der Waals surface area contributed by atoms with E-state index in [9.17, 15) is 9.59 Å². The van der Waals surface area contributed by atoms with E-state index in [1.807, 2.05) is 74.5 Å². The van der Waals surface area contributed by atoms with Crippen LogP contribution in [0.3, 0.4) is 0 Å². The van der Waals surface area contributed by atoms with Crippen molar-refractivity contribution < 1.29 is 28.3 Å². The molecular formula is C32H43N2O5+. The van der Waals surface area contributed by atoms with Crippen molar-refractivity contribution in [3.63, 3.8) is 0 Å². The molecule has 5 rings (SSSR count). The quantitative estimate of drug-likeness (QED) is 0.270. The zero-order valence-corrected chi connectivity index (χ0v) is 23.3. The van der Waals surface area contributed by atoms with E-state index in [4.69, 9.17) is 19.9 Å². The van der Waals surface area contributed by atoms with Crippen LogP contribution in [0.15, 0.2) is 60.7 Å². The van der Waals surface area contributed by atoms with Gasteiger partial charge in [0.15, 0.2) is 6.79 Å². The Morgan fingerprint density at radius 2 is 1.49 bits per heavy atom. The Bertz CT molecular complexity index is 1060. The third kappa shape index (κ3) is 5.24. The predicted octanol–water partition coefficient (Wildman–Crippen LogP) is 4.67. The van der Waals surface area contributed by atoms with Crippen LogP contribution in [-0.2, 0) is 29.4 Å². The number of quaternary nitrogens is 1. The maximum Gasteiger partial charge on any atom is 0.348 e. The number of nitrogens with zero attached hydrogens (tertiary/aromatic N) is 1. The molecule has 2 aromatic carbocycles. The van der Waals surface area contributed by atoms with Gasteiger partial charge in [-0.1, -0.05) is 80.9 Å². The lowest BCUT2D eigenvalue weighted by atomic mass is 9.85. The number of hydrogen-bond acceptors (Lipinski definition) is 6. The van der Waals surface area contributed by atoms with Crippen LogP contribution in [0.2, 0.25) is 0 Å². The Labute approximate surface area is 232 Å². The zero-order chi connectivity index (χ0) is 27.5. The Hall–Kier alpha value is -2.74. The molecule has 2 unspecified atom stereocenters. The van der Waals surface area contributed by atoms with Crippen molar-refractivity contribution in [2.75, 3.05) is 19.9 Å². The summed E-state index contributed by atoms with van der Waals surface area (Å²) in [6, 6.07) is 19.1. The fraction of sp³-hybridized carbons (Fsp3) is 0.562. The van der Waals surface area contributed by atoms with Gasteiger partial charge in [-0.25, -0.2) is 4.79 Å². The van der Waals surface area contributed by atoms with Crippen LogP contribution < -0.4 is 5.73 Å². The largest absolute Gasteiger partial charge is 0.459 e. The highest BCUT2D eigenvalue weighted by molar-refractivity contribution is 5.86. The van der Waals surface area contributed by atoms with Gasteiger partial charge in [-0.2, -0.15) is 0 Å². The van der Waals surface area contributed by atoms with E-state index in [1.54, 1.807) is 0 Å². The standard InChI is InChI=1S/C32H43N2O5/c1-3-23(2)29(33)30(35)37-22-38-32(24-12-6-4-7-13-24,25-14-8-5-9-15-25)31(36)39-28-20-26-16-17-27(21-28)34(26)18-10-11-19-34/h4-9,12-15,23,26-29H,3,10-11,16-22,33H2,1-2H3/q+1/t23-,26?,27?,28?,29-/m0/s1. The minimum Gasteiger partial charge on any atom is -0.459 e. The number of esters is 2. The van der Waals surface area contributed by atoms with Gasteiger partial charge < -0.3 is 24.4 Å². The van der Waals surface area contributed by atoms with Crippen LogP contribution in [-0.4, -0.2) is 60.5 Å². The van der Waals surface area contributed by atoms with Crippen molar-refractivity contribution >= 4 is 11.9 Å². The Morgan fingerprint density at radius 3 is 2.00 bits per heavy atom. The molecule has 0 amide bonds. The highest BCUT2D eigenvalue weighted by Crippen LogP contribution is 2.47. The van der Waals surface area contributed by atoms with Crippen LogP contribution in [0, 0.1) is 5.92 Å². The molecule has 210 valence electrons. The third-order valence-electron chi connectivity index (χ3n) is 9.68. The van der Waals surface area contributed by atoms with Gasteiger partial charge in [-0.15, -0.1) is 0 Å². The van der Waals surface area contributed by atoms with E-state index in [-0.39, 0.29) is 12.0 Å². The molecule has 2 aromatic rings. The number of piperidine rings is 1. The first-order valence-electron chi connectivity index (χ1n) is 14.7. The van der Waals surface area contributed by atoms with Gasteiger partial charge >= 0.3 is 11.9 Å². The normalized spacial score (nSPS) is 25.3. The summed E-state index contributed by atoms with van der Waals surface area (Å²) in [7, 11) is 0. The van der Waals surface area contributed by atoms with Crippen LogP contribution in [0.25, 0.3) is 0 Å². The minimum absolute atomic E-state index is 0.0290. The first-order chi connectivity index (χ1) is 18.9. The minimum atomic E-state index is -1.58. The summed E-state index contributed by atoms with van der Waals surface area (Å²) < 4.78 is 19.4. The van der Waals surface area contributed by atoms with Gasteiger partial charge in [-0.3, -0.25) is 4.79 Å². The molecule has 0 aromatic heterocycles. The lowest BCUT2D eigenvalue weighted by molar-refractivity contribution is -0.956. The number of carbonyl (C=O) groups excluding carboxylic acids is 2. The molecule has 3 heterocycles. The monoisotopic (exact) mass is 535 g/mol. The summed E-state index contributed by atoms with van der Waals surface area (Å²) in [5.74, 6) is -1.05. The van der Waals surface area contributed by atoms with Gasteiger partial charge in [0.25, 0.3) is 0 Å². The first-order valence-corrected chi connectivity index (χ1v) is 14.7. The molecule has 4 atom stereocenters. The van der Waals surface area contributed by atoms with Gasteiger partial charge in [0.2, 0.25) is 5.60 Å². The molecular weight excluding hydrogens is 492 g/mol. The summed E-state index contributed by atoms with van der Waals surface area (Å²) in [4.78, 5) is 27.0. The Morgan fingerprint density at radius 1 is 0.949 bits per heavy atom. The molecule has 3 aliphatic rings. The average molecular weight is 536 g/mol. The Kier molecular flexibility index (Phi) is 8.40. The van der Waals surface area contributed by atoms with E-state index in [0.29, 0.717) is 23.2 Å². The summed E-state index contributed by atoms with van der Waals surface area (Å²) in [6.07, 6.45) is 7.41. The molecule has 3 aliphatic heterocycles. The zero-order valence-electron chi connectivity index (χ0n) is 23.3. The maximum atomic E-state index is 14.3. The second kappa shape index (κ2) is 11.8. The fourth-order valence-electron chi connectivity index (χ4n) is 7.27. The molecule has 2 bridgehead atoms. The molecule has 2 N–H and O–H groups in total. The van der Waals surface area contributed by atoms with E-state index in [0.717, 1.165) is 19.3 Å². The van der Waals surface area contributed by atoms with Crippen molar-refractivity contribution in [1.29, 1.82) is 0 Å². The van der Waals surface area contributed by atoms with Crippen molar-refractivity contribution in [2.45, 2.75) is 88.6 Å². The molecule has 3 saturated heterocycles. The average Bonchev–Trinajstić information content (AvgIpc) is 3.51. The topological polar surface area (TPSA) is 87.9 Å². The second-order valence-electron chi connectivity index (χ2n) is 11.7. The molecule has 1 spiro atoms. The van der Waals surface area contributed by atoms with Crippen molar-refractivity contribution in [1.82, 2.24) is 0 Å². The van der Waals surface area contributed by atoms with Crippen LogP contribution in [0.4, 0.5) is 0 Å². The summed E-state index contributed by atoms with van der Waals surface area (Å²) >= 11 is 0. The fourth-order valence-corrected chi connectivity index (χ4v) is 7.27. The second-order valence-corrected chi connectivity index (χ2v) is 11.7. The third-order valence-corrected chi connectivity index (χ3v) is 9.68. The smallest absolute Gasteiger partial charge is 0.348 e. The number of nitrogens with two attached hydrogens (primary N) is 1. The summed E-state index contributed by atoms with van der Waals surface area (Å²) in [5.41, 5.74) is 5.76. The van der Waals surface area contributed by atoms with Crippen LogP contribution in [0.5, 0.6) is 0 Å². The molecule has 39 heavy (non-hydrogen) atoms. The molecule has 0 saturated carbocycles. The number of hydrogen-bond donors (Lipinski definition) is 1. The highest BCUT2D eigenvalue weighted by Gasteiger charge is 2.57. The van der Waals surface area contributed by atoms with E-state index >= 15 is 0 Å². The molecule has 7 heteroatoms. The molecule has 7 nitrogen and oxygen atoms in total. The lowest BCUT2D eigenvalue weighted by Gasteiger charge is -2.47. The van der Waals surface area contributed by atoms with Crippen LogP contribution >= 0.6 is 0 Å². The molecule has 3 fully saturated rings. The van der Waals surface area contributed by atoms with Crippen LogP contribution in [0.1, 0.15) is 69.9 Å². The van der Waals surface area contributed by atoms with Crippen molar-refractivity contribution in [3.05, 3.63) is 71.8 Å². The highest BCUT2D eigenvalue weighted by atomic mass is 16.7. The predicted molar refractivity (Wildman–Crippen MR) is 148 cm³/mol. The Balaban J connectivity index is 1.41. The summed E-state index contributed by atoms with van der Waals surface area (Å²) in [5, 5.41) is 0. The SMILES string of the molecule is CC[C@H](C)[C@H](N)C(=O)OCOC(C(=O)OC1CC2CCC(C1)[N+]21CCCC1)(c1ccccc1)c1ccccc1. The number of benzene rings is 2. The van der Waals surface area contributed by atoms with Crippen molar-refractivity contribution in [2.24, 2.45) is 11.7 Å². The molecule has 0 aliphatic carbocycles. The van der Waals surface area contributed by atoms with E-state index in [1.165, 1.54) is 43.3 Å². The number of rotatable bonds is 10. The van der Waals surface area contributed by atoms with E-state index < -0.39 is 30.4 Å².